The first kappa shape index (κ1) is 11.0. The van der Waals surface area contributed by atoms with E-state index in [1.165, 1.54) is 6.92 Å². The third kappa shape index (κ3) is 1.72. The summed E-state index contributed by atoms with van der Waals surface area (Å²) in [6.07, 6.45) is 0.769. The van der Waals surface area contributed by atoms with Gasteiger partial charge in [-0.3, -0.25) is 9.59 Å². The van der Waals surface area contributed by atoms with Gasteiger partial charge in [-0.1, -0.05) is 6.92 Å². The van der Waals surface area contributed by atoms with Crippen LogP contribution in [0.3, 0.4) is 0 Å². The number of aliphatic carboxylic acids is 2. The van der Waals surface area contributed by atoms with Crippen LogP contribution in [0.5, 0.6) is 0 Å². The maximum absolute atomic E-state index is 11.1. The highest BCUT2D eigenvalue weighted by atomic mass is 16.4. The lowest BCUT2D eigenvalue weighted by atomic mass is 9.69. The summed E-state index contributed by atoms with van der Waals surface area (Å²) >= 11 is 0. The molecule has 0 spiro atoms. The molecular formula is C9H15NO4. The lowest BCUT2D eigenvalue weighted by molar-refractivity contribution is -0.163. The molecular weight excluding hydrogens is 186 g/mol. The van der Waals surface area contributed by atoms with Crippen LogP contribution in [0.1, 0.15) is 19.8 Å². The molecule has 0 bridgehead atoms. The number of carboxylic acids is 2. The molecule has 14 heavy (non-hydrogen) atoms. The summed E-state index contributed by atoms with van der Waals surface area (Å²) in [5, 5.41) is 21.0. The van der Waals surface area contributed by atoms with E-state index in [1.54, 1.807) is 0 Å². The third-order valence-electron chi connectivity index (χ3n) is 3.12. The summed E-state index contributed by atoms with van der Waals surface area (Å²) in [5.74, 6) is -2.86. The second-order valence-corrected chi connectivity index (χ2v) is 3.77. The van der Waals surface area contributed by atoms with Crippen molar-refractivity contribution in [3.05, 3.63) is 0 Å². The lowest BCUT2D eigenvalue weighted by Gasteiger charge is -2.36. The summed E-state index contributed by atoms with van der Waals surface area (Å²) in [6, 6.07) is 0. The van der Waals surface area contributed by atoms with Crippen LogP contribution in [0.4, 0.5) is 0 Å². The maximum Gasteiger partial charge on any atom is 0.310 e. The molecule has 1 aliphatic heterocycles. The topological polar surface area (TPSA) is 86.6 Å². The van der Waals surface area contributed by atoms with Crippen molar-refractivity contribution in [3.8, 4) is 0 Å². The molecule has 1 heterocycles. The molecule has 1 rings (SSSR count). The largest absolute Gasteiger partial charge is 0.481 e. The maximum atomic E-state index is 11.1. The van der Waals surface area contributed by atoms with Gasteiger partial charge in [-0.2, -0.15) is 0 Å². The number of hydrogen-bond donors (Lipinski definition) is 3. The van der Waals surface area contributed by atoms with Crippen molar-refractivity contribution in [2.75, 3.05) is 13.1 Å². The molecule has 0 aromatic rings. The number of rotatable bonds is 3. The van der Waals surface area contributed by atoms with Gasteiger partial charge >= 0.3 is 11.9 Å². The van der Waals surface area contributed by atoms with Gasteiger partial charge in [0.25, 0.3) is 0 Å². The molecule has 1 atom stereocenters. The number of hydrogen-bond acceptors (Lipinski definition) is 3. The Kier molecular flexibility index (Phi) is 3.10. The van der Waals surface area contributed by atoms with Crippen molar-refractivity contribution in [1.82, 2.24) is 5.32 Å². The minimum atomic E-state index is -1.09. The average molecular weight is 201 g/mol. The van der Waals surface area contributed by atoms with Crippen molar-refractivity contribution in [2.24, 2.45) is 11.3 Å². The molecule has 3 N–H and O–H groups in total. The predicted octanol–water partition coefficient (Wildman–Crippen LogP) is 0.161. The molecule has 0 saturated carbocycles. The molecule has 5 heteroatoms. The summed E-state index contributed by atoms with van der Waals surface area (Å²) in [6.45, 7) is 2.62. The minimum Gasteiger partial charge on any atom is -0.481 e. The van der Waals surface area contributed by atoms with Crippen LogP contribution >= 0.6 is 0 Å². The van der Waals surface area contributed by atoms with Crippen LogP contribution in [0.2, 0.25) is 0 Å². The Morgan fingerprint density at radius 3 is 2.14 bits per heavy atom. The second kappa shape index (κ2) is 3.96. The highest BCUT2D eigenvalue weighted by Gasteiger charge is 2.47. The van der Waals surface area contributed by atoms with Crippen LogP contribution in [0.25, 0.3) is 0 Å². The van der Waals surface area contributed by atoms with Crippen LogP contribution < -0.4 is 5.32 Å². The van der Waals surface area contributed by atoms with Crippen LogP contribution in [-0.4, -0.2) is 35.2 Å². The molecule has 0 aromatic heterocycles. The highest BCUT2D eigenvalue weighted by molar-refractivity contribution is 5.83. The molecule has 0 radical (unpaired) electrons. The Bertz CT molecular complexity index is 245. The standard InChI is InChI=1S/C9H15NO4/c1-6(7(11)12)9(8(13)14)2-4-10-5-3-9/h6,10H,2-5H2,1H3,(H,11,12)(H,13,14). The third-order valence-corrected chi connectivity index (χ3v) is 3.12. The zero-order valence-corrected chi connectivity index (χ0v) is 8.12. The fourth-order valence-electron chi connectivity index (χ4n) is 1.94. The lowest BCUT2D eigenvalue weighted by Crippen LogP contribution is -2.48. The van der Waals surface area contributed by atoms with Crippen molar-refractivity contribution in [2.45, 2.75) is 19.8 Å². The van der Waals surface area contributed by atoms with E-state index in [0.29, 0.717) is 25.9 Å². The van der Waals surface area contributed by atoms with Crippen LogP contribution in [0, 0.1) is 11.3 Å². The molecule has 0 amide bonds. The van der Waals surface area contributed by atoms with Gasteiger partial charge < -0.3 is 15.5 Å². The Hall–Kier alpha value is -1.10. The van der Waals surface area contributed by atoms with Crippen molar-refractivity contribution in [1.29, 1.82) is 0 Å². The Morgan fingerprint density at radius 2 is 1.79 bits per heavy atom. The van der Waals surface area contributed by atoms with Gasteiger partial charge in [0.15, 0.2) is 0 Å². The number of carbonyl (C=O) groups is 2. The van der Waals surface area contributed by atoms with Crippen molar-refractivity contribution >= 4 is 11.9 Å². The molecule has 80 valence electrons. The summed E-state index contributed by atoms with van der Waals surface area (Å²) in [5.41, 5.74) is -1.09. The zero-order chi connectivity index (χ0) is 10.8. The number of carboxylic acid groups (broad SMARTS) is 2. The summed E-state index contributed by atoms with van der Waals surface area (Å²) in [4.78, 5) is 22.0. The monoisotopic (exact) mass is 201 g/mol. The van der Waals surface area contributed by atoms with E-state index in [-0.39, 0.29) is 0 Å². The highest BCUT2D eigenvalue weighted by Crippen LogP contribution is 2.37. The molecule has 1 saturated heterocycles. The smallest absolute Gasteiger partial charge is 0.310 e. The van der Waals surface area contributed by atoms with E-state index in [4.69, 9.17) is 10.2 Å². The van der Waals surface area contributed by atoms with Crippen molar-refractivity contribution < 1.29 is 19.8 Å². The molecule has 5 nitrogen and oxygen atoms in total. The first-order chi connectivity index (χ1) is 6.50. The van der Waals surface area contributed by atoms with Crippen molar-refractivity contribution in [3.63, 3.8) is 0 Å². The first-order valence-corrected chi connectivity index (χ1v) is 4.67. The van der Waals surface area contributed by atoms with Gasteiger partial charge in [0, 0.05) is 0 Å². The van der Waals surface area contributed by atoms with E-state index in [9.17, 15) is 9.59 Å². The quantitative estimate of drug-likeness (QED) is 0.605. The van der Waals surface area contributed by atoms with E-state index in [1.807, 2.05) is 0 Å². The van der Waals surface area contributed by atoms with Gasteiger partial charge in [-0.15, -0.1) is 0 Å². The zero-order valence-electron chi connectivity index (χ0n) is 8.12. The number of piperidine rings is 1. The fourth-order valence-corrected chi connectivity index (χ4v) is 1.94. The van der Waals surface area contributed by atoms with Crippen LogP contribution in [0.15, 0.2) is 0 Å². The van der Waals surface area contributed by atoms with Crippen LogP contribution in [-0.2, 0) is 9.59 Å². The molecule has 1 unspecified atom stereocenters. The van der Waals surface area contributed by atoms with Gasteiger partial charge in [-0.05, 0) is 25.9 Å². The van der Waals surface area contributed by atoms with E-state index >= 15 is 0 Å². The predicted molar refractivity (Wildman–Crippen MR) is 49.0 cm³/mol. The Morgan fingerprint density at radius 1 is 1.29 bits per heavy atom. The number of nitrogens with one attached hydrogen (secondary N) is 1. The Balaban J connectivity index is 2.90. The second-order valence-electron chi connectivity index (χ2n) is 3.77. The Labute approximate surface area is 82.1 Å². The molecule has 1 fully saturated rings. The minimum absolute atomic E-state index is 0.385. The SMILES string of the molecule is CC(C(=O)O)C1(C(=O)O)CCNCC1. The summed E-state index contributed by atoms with van der Waals surface area (Å²) < 4.78 is 0. The summed E-state index contributed by atoms with van der Waals surface area (Å²) in [7, 11) is 0. The van der Waals surface area contributed by atoms with Gasteiger partial charge in [0.05, 0.1) is 11.3 Å². The van der Waals surface area contributed by atoms with E-state index in [2.05, 4.69) is 5.32 Å². The molecule has 1 aliphatic rings. The normalized spacial score (nSPS) is 22.6. The van der Waals surface area contributed by atoms with Gasteiger partial charge in [0.1, 0.15) is 0 Å². The first-order valence-electron chi connectivity index (χ1n) is 4.67. The van der Waals surface area contributed by atoms with Gasteiger partial charge in [0.2, 0.25) is 0 Å². The average Bonchev–Trinajstić information content (AvgIpc) is 2.17. The van der Waals surface area contributed by atoms with E-state index < -0.39 is 23.3 Å². The van der Waals surface area contributed by atoms with E-state index in [0.717, 1.165) is 0 Å². The van der Waals surface area contributed by atoms with Gasteiger partial charge in [-0.25, -0.2) is 0 Å². The molecule has 0 aromatic carbocycles. The fraction of sp³-hybridized carbons (Fsp3) is 0.778. The molecule has 0 aliphatic carbocycles.